The number of alkyl halides is 1. The number of nitrogens with one attached hydrogen (secondary N) is 1. The van der Waals surface area contributed by atoms with Crippen molar-refractivity contribution in [3.05, 3.63) is 36.2 Å². The van der Waals surface area contributed by atoms with E-state index in [0.29, 0.717) is 5.57 Å². The van der Waals surface area contributed by atoms with Gasteiger partial charge in [-0.25, -0.2) is 4.39 Å². The van der Waals surface area contributed by atoms with Gasteiger partial charge in [-0.3, -0.25) is 4.79 Å². The molecule has 0 aliphatic rings. The van der Waals surface area contributed by atoms with Gasteiger partial charge in [-0.15, -0.1) is 0 Å². The minimum Gasteiger partial charge on any atom is -0.341 e. The summed E-state index contributed by atoms with van der Waals surface area (Å²) in [6.07, 6.45) is 1.08. The predicted molar refractivity (Wildman–Crippen MR) is 64.8 cm³/mol. The second kappa shape index (κ2) is 5.95. The van der Waals surface area contributed by atoms with Crippen LogP contribution in [-0.4, -0.2) is 9.96 Å². The number of carbonyl (C=O) groups is 1. The van der Waals surface area contributed by atoms with Gasteiger partial charge >= 0.3 is 0 Å². The normalized spacial score (nSPS) is 13.3. The molecule has 0 radical (unpaired) electrons. The number of halogens is 2. The maximum absolute atomic E-state index is 12.5. The fourth-order valence-electron chi connectivity index (χ4n) is 0.798. The molecule has 0 aromatic rings. The molecule has 0 rings (SSSR count). The standard InChI is InChI=1S/C10H13FINO/c1-6(2)9(5-7(3)11)10(14)13-8(4)12/h5,8H,1,3H2,2,4H3,(H,13,14)/b9-5+. The van der Waals surface area contributed by atoms with Crippen LogP contribution in [0.5, 0.6) is 0 Å². The molecule has 0 spiro atoms. The molecule has 0 aromatic heterocycles. The molecule has 78 valence electrons. The van der Waals surface area contributed by atoms with Crippen LogP contribution in [0.25, 0.3) is 0 Å². The van der Waals surface area contributed by atoms with Crippen molar-refractivity contribution in [1.82, 2.24) is 5.32 Å². The average molecular weight is 309 g/mol. The Bertz CT molecular complexity index is 294. The lowest BCUT2D eigenvalue weighted by Gasteiger charge is -2.09. The topological polar surface area (TPSA) is 29.1 Å². The van der Waals surface area contributed by atoms with Gasteiger partial charge in [0, 0.05) is 5.57 Å². The molecule has 0 aliphatic heterocycles. The van der Waals surface area contributed by atoms with Gasteiger partial charge in [-0.2, -0.15) is 0 Å². The molecule has 0 saturated carbocycles. The Kier molecular flexibility index (Phi) is 5.68. The summed E-state index contributed by atoms with van der Waals surface area (Å²) in [6, 6.07) is 0. The first-order chi connectivity index (χ1) is 6.34. The molecule has 1 unspecified atom stereocenters. The van der Waals surface area contributed by atoms with Crippen molar-refractivity contribution < 1.29 is 9.18 Å². The van der Waals surface area contributed by atoms with Gasteiger partial charge in [0.15, 0.2) is 0 Å². The van der Waals surface area contributed by atoms with E-state index in [-0.39, 0.29) is 15.5 Å². The Balaban J connectivity index is 4.76. The van der Waals surface area contributed by atoms with Gasteiger partial charge in [0.2, 0.25) is 0 Å². The molecular formula is C10H13FINO. The van der Waals surface area contributed by atoms with Gasteiger partial charge in [-0.05, 0) is 25.5 Å². The summed E-state index contributed by atoms with van der Waals surface area (Å²) < 4.78 is 12.5. The fourth-order valence-corrected chi connectivity index (χ4v) is 1.08. The number of amides is 1. The van der Waals surface area contributed by atoms with Crippen LogP contribution in [-0.2, 0) is 4.79 Å². The molecule has 0 heterocycles. The SMILES string of the molecule is C=C(F)/C=C(\C(=C)C)C(=O)NC(C)I. The van der Waals surface area contributed by atoms with Crippen LogP contribution in [0, 0.1) is 0 Å². The van der Waals surface area contributed by atoms with Crippen LogP contribution in [0.15, 0.2) is 36.2 Å². The van der Waals surface area contributed by atoms with Crippen LogP contribution in [0.2, 0.25) is 0 Å². The van der Waals surface area contributed by atoms with Gasteiger partial charge in [0.25, 0.3) is 5.91 Å². The number of rotatable bonds is 4. The van der Waals surface area contributed by atoms with Crippen molar-refractivity contribution in [3.63, 3.8) is 0 Å². The summed E-state index contributed by atoms with van der Waals surface area (Å²) in [7, 11) is 0. The van der Waals surface area contributed by atoms with E-state index in [1.807, 2.05) is 29.5 Å². The molecule has 0 saturated heterocycles. The summed E-state index contributed by atoms with van der Waals surface area (Å²) in [4.78, 5) is 11.5. The predicted octanol–water partition coefficient (Wildman–Crippen LogP) is 2.87. The molecule has 0 fully saturated rings. The van der Waals surface area contributed by atoms with Crippen molar-refractivity contribution in [1.29, 1.82) is 0 Å². The van der Waals surface area contributed by atoms with Gasteiger partial charge in [0.05, 0.1) is 4.05 Å². The summed E-state index contributed by atoms with van der Waals surface area (Å²) in [5.74, 6) is -0.988. The summed E-state index contributed by atoms with van der Waals surface area (Å²) >= 11 is 2.04. The molecule has 0 bridgehead atoms. The number of hydrogen-bond acceptors (Lipinski definition) is 1. The Morgan fingerprint density at radius 2 is 2.07 bits per heavy atom. The van der Waals surface area contributed by atoms with Gasteiger partial charge < -0.3 is 5.32 Å². The highest BCUT2D eigenvalue weighted by Crippen LogP contribution is 2.11. The van der Waals surface area contributed by atoms with E-state index in [9.17, 15) is 9.18 Å². The lowest BCUT2D eigenvalue weighted by Crippen LogP contribution is -2.29. The van der Waals surface area contributed by atoms with Crippen LogP contribution >= 0.6 is 22.6 Å². The Labute approximate surface area is 97.1 Å². The third-order valence-corrected chi connectivity index (χ3v) is 1.65. The highest BCUT2D eigenvalue weighted by molar-refractivity contribution is 14.1. The van der Waals surface area contributed by atoms with E-state index in [1.54, 1.807) is 6.92 Å². The monoisotopic (exact) mass is 309 g/mol. The minimum atomic E-state index is -0.653. The fraction of sp³-hybridized carbons (Fsp3) is 0.300. The number of carbonyl (C=O) groups excluding carboxylic acids is 1. The van der Waals surface area contributed by atoms with Crippen molar-refractivity contribution in [2.75, 3.05) is 0 Å². The summed E-state index contributed by atoms with van der Waals surface area (Å²) in [5, 5.41) is 2.64. The van der Waals surface area contributed by atoms with E-state index in [2.05, 4.69) is 18.5 Å². The third kappa shape index (κ3) is 5.16. The summed E-state index contributed by atoms with van der Waals surface area (Å²) in [6.45, 7) is 10.1. The zero-order valence-corrected chi connectivity index (χ0v) is 10.4. The first-order valence-corrected chi connectivity index (χ1v) is 5.26. The second-order valence-corrected chi connectivity index (χ2v) is 4.74. The molecule has 1 amide bonds. The minimum absolute atomic E-state index is 0.0178. The molecule has 1 atom stereocenters. The number of allylic oxidation sites excluding steroid dienone is 2. The number of hydrogen-bond donors (Lipinski definition) is 1. The van der Waals surface area contributed by atoms with Crippen LogP contribution in [0.1, 0.15) is 13.8 Å². The van der Waals surface area contributed by atoms with E-state index < -0.39 is 5.83 Å². The quantitative estimate of drug-likeness (QED) is 0.279. The Hall–Kier alpha value is -0.650. The van der Waals surface area contributed by atoms with Crippen LogP contribution in [0.3, 0.4) is 0 Å². The van der Waals surface area contributed by atoms with Gasteiger partial charge in [0.1, 0.15) is 5.83 Å². The van der Waals surface area contributed by atoms with Crippen molar-refractivity contribution in [2.45, 2.75) is 17.9 Å². The smallest absolute Gasteiger partial charge is 0.252 e. The van der Waals surface area contributed by atoms with E-state index in [1.165, 1.54) is 0 Å². The molecule has 1 N–H and O–H groups in total. The Morgan fingerprint density at radius 3 is 2.36 bits per heavy atom. The average Bonchev–Trinajstić information content (AvgIpc) is 1.97. The highest BCUT2D eigenvalue weighted by Gasteiger charge is 2.11. The maximum atomic E-state index is 12.5. The highest BCUT2D eigenvalue weighted by atomic mass is 127. The molecule has 4 heteroatoms. The first kappa shape index (κ1) is 13.4. The zero-order chi connectivity index (χ0) is 11.3. The van der Waals surface area contributed by atoms with E-state index in [4.69, 9.17) is 0 Å². The van der Waals surface area contributed by atoms with Crippen molar-refractivity contribution in [3.8, 4) is 0 Å². The maximum Gasteiger partial charge on any atom is 0.252 e. The van der Waals surface area contributed by atoms with Crippen LogP contribution < -0.4 is 5.32 Å². The van der Waals surface area contributed by atoms with Gasteiger partial charge in [-0.1, -0.05) is 35.7 Å². The molecule has 2 nitrogen and oxygen atoms in total. The van der Waals surface area contributed by atoms with Crippen molar-refractivity contribution >= 4 is 28.5 Å². The lowest BCUT2D eigenvalue weighted by atomic mass is 10.1. The first-order valence-electron chi connectivity index (χ1n) is 4.01. The summed E-state index contributed by atoms with van der Waals surface area (Å²) in [5.41, 5.74) is 0.736. The van der Waals surface area contributed by atoms with Crippen LogP contribution in [0.4, 0.5) is 4.39 Å². The zero-order valence-electron chi connectivity index (χ0n) is 8.23. The molecule has 0 aliphatic carbocycles. The van der Waals surface area contributed by atoms with E-state index in [0.717, 1.165) is 6.08 Å². The largest absolute Gasteiger partial charge is 0.341 e. The molecule has 0 aromatic carbocycles. The lowest BCUT2D eigenvalue weighted by molar-refractivity contribution is -0.117. The Morgan fingerprint density at radius 1 is 1.57 bits per heavy atom. The molecule has 14 heavy (non-hydrogen) atoms. The van der Waals surface area contributed by atoms with Crippen molar-refractivity contribution in [2.24, 2.45) is 0 Å². The second-order valence-electron chi connectivity index (χ2n) is 2.87. The van der Waals surface area contributed by atoms with E-state index >= 15 is 0 Å². The third-order valence-electron chi connectivity index (χ3n) is 1.34. The molecular weight excluding hydrogens is 296 g/mol.